The Morgan fingerprint density at radius 1 is 1.27 bits per heavy atom. The van der Waals surface area contributed by atoms with Crippen LogP contribution in [0.3, 0.4) is 0 Å². The molecule has 0 radical (unpaired) electrons. The second-order valence-electron chi connectivity index (χ2n) is 8.63. The van der Waals surface area contributed by atoms with Crippen LogP contribution in [0.2, 0.25) is 0 Å². The predicted molar refractivity (Wildman–Crippen MR) is 106 cm³/mol. The molecule has 3 aliphatic heterocycles. The van der Waals surface area contributed by atoms with Crippen LogP contribution in [0, 0.1) is 11.8 Å². The molecule has 9 heteroatoms. The second-order valence-corrected chi connectivity index (χ2v) is 8.63. The van der Waals surface area contributed by atoms with Crippen LogP contribution in [-0.4, -0.2) is 67.3 Å². The number of aromatic nitrogens is 1. The fourth-order valence-electron chi connectivity index (χ4n) is 5.08. The molecule has 4 rings (SSSR count). The van der Waals surface area contributed by atoms with Gasteiger partial charge in [-0.15, -0.1) is 0 Å². The summed E-state index contributed by atoms with van der Waals surface area (Å²) in [6.45, 7) is 7.14. The van der Waals surface area contributed by atoms with Crippen molar-refractivity contribution >= 4 is 11.7 Å². The predicted octanol–water partition coefficient (Wildman–Crippen LogP) is 2.54. The fourth-order valence-corrected chi connectivity index (χ4v) is 5.08. The number of pyridine rings is 1. The summed E-state index contributed by atoms with van der Waals surface area (Å²) in [7, 11) is 0. The largest absolute Gasteiger partial charge is 0.433 e. The van der Waals surface area contributed by atoms with Gasteiger partial charge in [0, 0.05) is 44.8 Å². The summed E-state index contributed by atoms with van der Waals surface area (Å²) in [4.78, 5) is 20.6. The van der Waals surface area contributed by atoms with Crippen LogP contribution in [0.4, 0.5) is 19.0 Å². The van der Waals surface area contributed by atoms with Gasteiger partial charge in [-0.1, -0.05) is 13.0 Å². The van der Waals surface area contributed by atoms with Crippen LogP contribution in [0.25, 0.3) is 0 Å². The normalized spacial score (nSPS) is 26.5. The fraction of sp³-hybridized carbons (Fsp3) is 0.714. The number of carbonyl (C=O) groups is 1. The Hall–Kier alpha value is -1.71. The molecule has 4 heterocycles. The number of amides is 1. The third kappa shape index (κ3) is 4.20. The molecule has 0 aliphatic carbocycles. The molecule has 166 valence electrons. The van der Waals surface area contributed by atoms with Crippen molar-refractivity contribution in [2.45, 2.75) is 37.9 Å². The van der Waals surface area contributed by atoms with Crippen molar-refractivity contribution in [3.63, 3.8) is 0 Å². The number of likely N-dealkylation sites (tertiary alicyclic amines) is 1. The Kier molecular flexibility index (Phi) is 6.05. The summed E-state index contributed by atoms with van der Waals surface area (Å²) in [6, 6.07) is 3.76. The lowest BCUT2D eigenvalue weighted by Gasteiger charge is -2.47. The van der Waals surface area contributed by atoms with Crippen LogP contribution >= 0.6 is 0 Å². The first-order valence-electron chi connectivity index (χ1n) is 10.7. The lowest BCUT2D eigenvalue weighted by atomic mass is 9.87. The van der Waals surface area contributed by atoms with Gasteiger partial charge < -0.3 is 10.1 Å². The molecule has 1 aromatic heterocycles. The van der Waals surface area contributed by atoms with E-state index in [2.05, 4.69) is 15.2 Å². The van der Waals surface area contributed by atoms with Crippen molar-refractivity contribution < 1.29 is 22.7 Å². The van der Waals surface area contributed by atoms with E-state index in [9.17, 15) is 18.0 Å². The average Bonchev–Trinajstić information content (AvgIpc) is 3.34. The molecule has 1 amide bonds. The van der Waals surface area contributed by atoms with Gasteiger partial charge in [0.25, 0.3) is 0 Å². The Balaban J connectivity index is 1.64. The van der Waals surface area contributed by atoms with E-state index in [1.54, 1.807) is 6.92 Å². The monoisotopic (exact) mass is 426 g/mol. The van der Waals surface area contributed by atoms with Crippen molar-refractivity contribution in [3.05, 3.63) is 23.9 Å². The van der Waals surface area contributed by atoms with E-state index >= 15 is 0 Å². The molecule has 6 nitrogen and oxygen atoms in total. The number of anilines is 1. The highest BCUT2D eigenvalue weighted by Crippen LogP contribution is 2.38. The minimum Gasteiger partial charge on any atom is -0.381 e. The van der Waals surface area contributed by atoms with Crippen molar-refractivity contribution in [3.8, 4) is 0 Å². The minimum absolute atomic E-state index is 0.0728. The van der Waals surface area contributed by atoms with Crippen LogP contribution < -0.4 is 10.2 Å². The molecule has 3 saturated heterocycles. The molecule has 1 aromatic rings. The molecular weight excluding hydrogens is 397 g/mol. The molecule has 2 atom stereocenters. The molecule has 30 heavy (non-hydrogen) atoms. The third-order valence-corrected chi connectivity index (χ3v) is 6.84. The number of fused-ring (bicyclic) bond motifs is 1. The molecule has 0 saturated carbocycles. The van der Waals surface area contributed by atoms with Gasteiger partial charge in [0.1, 0.15) is 11.5 Å². The van der Waals surface area contributed by atoms with E-state index in [4.69, 9.17) is 4.74 Å². The summed E-state index contributed by atoms with van der Waals surface area (Å²) in [6.07, 6.45) is -2.83. The highest BCUT2D eigenvalue weighted by Gasteiger charge is 2.48. The van der Waals surface area contributed by atoms with Crippen LogP contribution in [0.15, 0.2) is 18.2 Å². The first-order valence-corrected chi connectivity index (χ1v) is 10.7. The zero-order valence-corrected chi connectivity index (χ0v) is 17.2. The molecule has 2 unspecified atom stereocenters. The number of rotatable bonds is 5. The summed E-state index contributed by atoms with van der Waals surface area (Å²) in [5.74, 6) is 1.04. The number of halogens is 3. The Bertz CT molecular complexity index is 755. The zero-order chi connectivity index (χ0) is 21.4. The van der Waals surface area contributed by atoms with Crippen molar-refractivity contribution in [2.24, 2.45) is 11.8 Å². The van der Waals surface area contributed by atoms with Gasteiger partial charge in [-0.05, 0) is 49.9 Å². The van der Waals surface area contributed by atoms with Gasteiger partial charge in [0.05, 0.1) is 0 Å². The summed E-state index contributed by atoms with van der Waals surface area (Å²) >= 11 is 0. The third-order valence-electron chi connectivity index (χ3n) is 6.84. The molecular formula is C21H29F3N4O2. The molecule has 3 aliphatic rings. The number of hydrogen-bond donors (Lipinski definition) is 1. The highest BCUT2D eigenvalue weighted by atomic mass is 19.4. The SMILES string of the molecule is CCC(=O)N(CC1(N2CC3CNCC3C2)CCOCC1)c1cccc(C(F)(F)F)n1. The van der Waals surface area contributed by atoms with Gasteiger partial charge in [-0.3, -0.25) is 14.6 Å². The number of ether oxygens (including phenoxy) is 1. The van der Waals surface area contributed by atoms with Crippen LogP contribution in [-0.2, 0) is 15.7 Å². The highest BCUT2D eigenvalue weighted by molar-refractivity contribution is 5.92. The van der Waals surface area contributed by atoms with Gasteiger partial charge in [-0.2, -0.15) is 13.2 Å². The average molecular weight is 426 g/mol. The topological polar surface area (TPSA) is 57.7 Å². The minimum atomic E-state index is -4.55. The van der Waals surface area contributed by atoms with E-state index < -0.39 is 11.9 Å². The van der Waals surface area contributed by atoms with Gasteiger partial charge in [-0.25, -0.2) is 4.98 Å². The first kappa shape index (κ1) is 21.5. The summed E-state index contributed by atoms with van der Waals surface area (Å²) in [5.41, 5.74) is -1.28. The Labute approximate surface area is 174 Å². The maximum Gasteiger partial charge on any atom is 0.433 e. The molecule has 1 N–H and O–H groups in total. The summed E-state index contributed by atoms with van der Waals surface area (Å²) in [5, 5.41) is 3.44. The quantitative estimate of drug-likeness (QED) is 0.784. The van der Waals surface area contributed by atoms with E-state index in [0.29, 0.717) is 31.6 Å². The van der Waals surface area contributed by atoms with Crippen molar-refractivity contribution in [2.75, 3.05) is 50.8 Å². The van der Waals surface area contributed by atoms with E-state index in [1.807, 2.05) is 0 Å². The lowest BCUT2D eigenvalue weighted by molar-refractivity contribution is -0.141. The van der Waals surface area contributed by atoms with Gasteiger partial charge in [0.2, 0.25) is 5.91 Å². The molecule has 3 fully saturated rings. The maximum absolute atomic E-state index is 13.2. The van der Waals surface area contributed by atoms with Gasteiger partial charge in [0.15, 0.2) is 0 Å². The van der Waals surface area contributed by atoms with E-state index in [0.717, 1.165) is 45.1 Å². The number of alkyl halides is 3. The maximum atomic E-state index is 13.2. The van der Waals surface area contributed by atoms with Gasteiger partial charge >= 0.3 is 6.18 Å². The zero-order valence-electron chi connectivity index (χ0n) is 17.2. The van der Waals surface area contributed by atoms with Crippen LogP contribution in [0.1, 0.15) is 31.9 Å². The number of carbonyl (C=O) groups excluding carboxylic acids is 1. The first-order chi connectivity index (χ1) is 14.3. The smallest absolute Gasteiger partial charge is 0.381 e. The second kappa shape index (κ2) is 8.43. The standard InChI is InChI=1S/C21H29F3N4O2/c1-2-19(29)28(18-5-3-4-17(26-18)21(22,23)24)14-20(6-8-30-9-7-20)27-12-15-10-25-11-16(15)13-27/h3-5,15-16,25H,2,6-14H2,1H3. The Morgan fingerprint density at radius 3 is 2.53 bits per heavy atom. The number of nitrogens with zero attached hydrogens (tertiary/aromatic N) is 3. The molecule has 0 aromatic carbocycles. The Morgan fingerprint density at radius 2 is 1.93 bits per heavy atom. The number of nitrogens with one attached hydrogen (secondary N) is 1. The van der Waals surface area contributed by atoms with Crippen LogP contribution in [0.5, 0.6) is 0 Å². The lowest BCUT2D eigenvalue weighted by Crippen LogP contribution is -2.59. The molecule has 0 bridgehead atoms. The number of hydrogen-bond acceptors (Lipinski definition) is 5. The van der Waals surface area contributed by atoms with Crippen molar-refractivity contribution in [1.82, 2.24) is 15.2 Å². The molecule has 0 spiro atoms. The summed E-state index contributed by atoms with van der Waals surface area (Å²) < 4.78 is 45.3. The van der Waals surface area contributed by atoms with Crippen molar-refractivity contribution in [1.29, 1.82) is 0 Å². The van der Waals surface area contributed by atoms with E-state index in [1.165, 1.54) is 17.0 Å². The van der Waals surface area contributed by atoms with E-state index in [-0.39, 0.29) is 23.7 Å².